The van der Waals surface area contributed by atoms with E-state index in [9.17, 15) is 9.59 Å². The number of rotatable bonds is 4. The summed E-state index contributed by atoms with van der Waals surface area (Å²) < 4.78 is 10.3. The van der Waals surface area contributed by atoms with Gasteiger partial charge in [0.1, 0.15) is 11.2 Å². The van der Waals surface area contributed by atoms with Crippen LogP contribution in [0.4, 0.5) is 0 Å². The van der Waals surface area contributed by atoms with Crippen molar-refractivity contribution >= 4 is 11.9 Å². The first-order valence-electron chi connectivity index (χ1n) is 5.93. The van der Waals surface area contributed by atoms with Crippen molar-refractivity contribution < 1.29 is 19.1 Å². The molecule has 0 aliphatic carbocycles. The third-order valence-electron chi connectivity index (χ3n) is 1.60. The molecule has 0 aliphatic heterocycles. The average molecular weight is 244 g/mol. The molecule has 17 heavy (non-hydrogen) atoms. The maximum Gasteiger partial charge on any atom is 0.306 e. The Balaban J connectivity index is 3.78. The van der Waals surface area contributed by atoms with Crippen LogP contribution in [0.1, 0.15) is 60.8 Å². The molecular formula is C13H24O4. The summed E-state index contributed by atoms with van der Waals surface area (Å²) >= 11 is 0. The second-order valence-corrected chi connectivity index (χ2v) is 6.03. The first kappa shape index (κ1) is 15.9. The zero-order valence-electron chi connectivity index (χ0n) is 11.8. The molecule has 0 radical (unpaired) electrons. The lowest BCUT2D eigenvalue weighted by molar-refractivity contribution is -0.156. The van der Waals surface area contributed by atoms with Crippen LogP contribution in [0, 0.1) is 0 Å². The SMILES string of the molecule is CC(C)(C)OC(=O)CCCC(=O)OC(C)(C)C. The average Bonchev–Trinajstić information content (AvgIpc) is 1.95. The highest BCUT2D eigenvalue weighted by atomic mass is 16.6. The molecular weight excluding hydrogens is 220 g/mol. The standard InChI is InChI=1S/C13H24O4/c1-12(2,3)16-10(14)8-7-9-11(15)17-13(4,5)6/h7-9H2,1-6H3. The van der Waals surface area contributed by atoms with Gasteiger partial charge < -0.3 is 9.47 Å². The van der Waals surface area contributed by atoms with Crippen molar-refractivity contribution in [3.05, 3.63) is 0 Å². The first-order chi connectivity index (χ1) is 7.49. The number of esters is 2. The minimum atomic E-state index is -0.469. The van der Waals surface area contributed by atoms with E-state index in [1.807, 2.05) is 41.5 Å². The highest BCUT2D eigenvalue weighted by Crippen LogP contribution is 2.12. The Bertz CT molecular complexity index is 240. The van der Waals surface area contributed by atoms with Crippen molar-refractivity contribution in [2.24, 2.45) is 0 Å². The molecule has 0 aromatic rings. The summed E-state index contributed by atoms with van der Waals surface area (Å²) in [6.45, 7) is 10.9. The Kier molecular flexibility index (Phi) is 5.66. The van der Waals surface area contributed by atoms with Crippen LogP contribution in [0.25, 0.3) is 0 Å². The van der Waals surface area contributed by atoms with Crippen molar-refractivity contribution in [2.75, 3.05) is 0 Å². The zero-order valence-corrected chi connectivity index (χ0v) is 11.8. The Labute approximate surface area is 104 Å². The van der Waals surface area contributed by atoms with Crippen LogP contribution in [-0.4, -0.2) is 23.1 Å². The normalized spacial score (nSPS) is 12.1. The molecule has 0 fully saturated rings. The predicted octanol–water partition coefficient (Wildman–Crippen LogP) is 2.84. The van der Waals surface area contributed by atoms with Crippen LogP contribution in [0.3, 0.4) is 0 Å². The lowest BCUT2D eigenvalue weighted by atomic mass is 10.1. The maximum absolute atomic E-state index is 11.4. The number of hydrogen-bond donors (Lipinski definition) is 0. The molecule has 4 heteroatoms. The fourth-order valence-electron chi connectivity index (χ4n) is 1.16. The number of hydrogen-bond acceptors (Lipinski definition) is 4. The summed E-state index contributed by atoms with van der Waals surface area (Å²) in [6.07, 6.45) is 0.955. The molecule has 0 heterocycles. The van der Waals surface area contributed by atoms with Gasteiger partial charge in [0.15, 0.2) is 0 Å². The topological polar surface area (TPSA) is 52.6 Å². The smallest absolute Gasteiger partial charge is 0.306 e. The van der Waals surface area contributed by atoms with Gasteiger partial charge in [-0.15, -0.1) is 0 Å². The molecule has 4 nitrogen and oxygen atoms in total. The van der Waals surface area contributed by atoms with Crippen LogP contribution in [0.15, 0.2) is 0 Å². The van der Waals surface area contributed by atoms with Crippen LogP contribution in [0.2, 0.25) is 0 Å². The fourth-order valence-corrected chi connectivity index (χ4v) is 1.16. The summed E-state index contributed by atoms with van der Waals surface area (Å²) in [5, 5.41) is 0. The van der Waals surface area contributed by atoms with Crippen LogP contribution >= 0.6 is 0 Å². The molecule has 0 spiro atoms. The number of ether oxygens (including phenoxy) is 2. The quantitative estimate of drug-likeness (QED) is 0.713. The Morgan fingerprint density at radius 1 is 0.765 bits per heavy atom. The van der Waals surface area contributed by atoms with Crippen LogP contribution < -0.4 is 0 Å². The van der Waals surface area contributed by atoms with Crippen LogP contribution in [-0.2, 0) is 19.1 Å². The van der Waals surface area contributed by atoms with Crippen molar-refractivity contribution in [3.63, 3.8) is 0 Å². The molecule has 0 bridgehead atoms. The molecule has 0 amide bonds. The molecule has 0 saturated heterocycles. The Hall–Kier alpha value is -1.06. The van der Waals surface area contributed by atoms with E-state index in [1.165, 1.54) is 0 Å². The van der Waals surface area contributed by atoms with Gasteiger partial charge in [0, 0.05) is 12.8 Å². The van der Waals surface area contributed by atoms with Gasteiger partial charge in [0.2, 0.25) is 0 Å². The Morgan fingerprint density at radius 2 is 1.06 bits per heavy atom. The van der Waals surface area contributed by atoms with Gasteiger partial charge in [0.25, 0.3) is 0 Å². The monoisotopic (exact) mass is 244 g/mol. The van der Waals surface area contributed by atoms with Gasteiger partial charge in [-0.1, -0.05) is 0 Å². The molecule has 0 atom stereocenters. The summed E-state index contributed by atoms with van der Waals surface area (Å²) in [5.41, 5.74) is -0.938. The van der Waals surface area contributed by atoms with E-state index >= 15 is 0 Å². The minimum Gasteiger partial charge on any atom is -0.460 e. The zero-order chi connectivity index (χ0) is 13.7. The van der Waals surface area contributed by atoms with Crippen molar-refractivity contribution in [1.82, 2.24) is 0 Å². The van der Waals surface area contributed by atoms with Gasteiger partial charge >= 0.3 is 11.9 Å². The lowest BCUT2D eigenvalue weighted by Gasteiger charge is -2.20. The number of carbonyl (C=O) groups is 2. The molecule has 0 aliphatic rings. The molecule has 0 aromatic carbocycles. The summed E-state index contributed by atoms with van der Waals surface area (Å²) in [4.78, 5) is 22.7. The summed E-state index contributed by atoms with van der Waals surface area (Å²) in [5.74, 6) is -0.554. The van der Waals surface area contributed by atoms with Gasteiger partial charge in [-0.25, -0.2) is 0 Å². The van der Waals surface area contributed by atoms with Crippen molar-refractivity contribution in [1.29, 1.82) is 0 Å². The predicted molar refractivity (Wildman–Crippen MR) is 65.5 cm³/mol. The van der Waals surface area contributed by atoms with E-state index < -0.39 is 11.2 Å². The highest BCUT2D eigenvalue weighted by molar-refractivity contribution is 5.73. The second kappa shape index (κ2) is 6.03. The van der Waals surface area contributed by atoms with Crippen molar-refractivity contribution in [2.45, 2.75) is 72.0 Å². The lowest BCUT2D eigenvalue weighted by Crippen LogP contribution is -2.25. The summed E-state index contributed by atoms with van der Waals surface area (Å²) in [6, 6.07) is 0. The second-order valence-electron chi connectivity index (χ2n) is 6.03. The van der Waals surface area contributed by atoms with Gasteiger partial charge in [0.05, 0.1) is 0 Å². The maximum atomic E-state index is 11.4. The van der Waals surface area contributed by atoms with Gasteiger partial charge in [-0.05, 0) is 48.0 Å². The largest absolute Gasteiger partial charge is 0.460 e. The van der Waals surface area contributed by atoms with E-state index in [4.69, 9.17) is 9.47 Å². The fraction of sp³-hybridized carbons (Fsp3) is 0.846. The van der Waals surface area contributed by atoms with Crippen LogP contribution in [0.5, 0.6) is 0 Å². The third kappa shape index (κ3) is 11.2. The van der Waals surface area contributed by atoms with E-state index in [-0.39, 0.29) is 24.8 Å². The van der Waals surface area contributed by atoms with Gasteiger partial charge in [-0.2, -0.15) is 0 Å². The molecule has 0 N–H and O–H groups in total. The molecule has 0 aromatic heterocycles. The van der Waals surface area contributed by atoms with E-state index in [1.54, 1.807) is 0 Å². The highest BCUT2D eigenvalue weighted by Gasteiger charge is 2.18. The molecule has 0 rings (SSSR count). The molecule has 0 saturated carbocycles. The first-order valence-corrected chi connectivity index (χ1v) is 5.93. The third-order valence-corrected chi connectivity index (χ3v) is 1.60. The molecule has 100 valence electrons. The Morgan fingerprint density at radius 3 is 1.29 bits per heavy atom. The number of carbonyl (C=O) groups excluding carboxylic acids is 2. The minimum absolute atomic E-state index is 0.247. The van der Waals surface area contributed by atoms with E-state index in [0.29, 0.717) is 6.42 Å². The molecule has 0 unspecified atom stereocenters. The summed E-state index contributed by atoms with van der Waals surface area (Å²) in [7, 11) is 0. The van der Waals surface area contributed by atoms with Crippen molar-refractivity contribution in [3.8, 4) is 0 Å². The van der Waals surface area contributed by atoms with E-state index in [2.05, 4.69) is 0 Å². The van der Waals surface area contributed by atoms with Gasteiger partial charge in [-0.3, -0.25) is 9.59 Å². The van der Waals surface area contributed by atoms with E-state index in [0.717, 1.165) is 0 Å².